The number of methoxy groups -OCH3 is 1. The molecule has 8 heteroatoms. The maximum atomic E-state index is 12.6. The fourth-order valence-corrected chi connectivity index (χ4v) is 3.88. The first-order valence-electron chi connectivity index (χ1n) is 9.16. The van der Waals surface area contributed by atoms with Crippen LogP contribution in [-0.2, 0) is 14.3 Å². The number of ether oxygens (including phenoxy) is 1. The van der Waals surface area contributed by atoms with Crippen molar-refractivity contribution in [3.8, 4) is 0 Å². The van der Waals surface area contributed by atoms with Gasteiger partial charge in [0.1, 0.15) is 4.32 Å². The number of carbonyl (C=O) groups excluding carboxylic acids is 3. The van der Waals surface area contributed by atoms with Crippen molar-refractivity contribution in [2.45, 2.75) is 32.6 Å². The van der Waals surface area contributed by atoms with Crippen LogP contribution in [0.3, 0.4) is 0 Å². The zero-order valence-corrected chi connectivity index (χ0v) is 17.7. The fourth-order valence-electron chi connectivity index (χ4n) is 2.57. The van der Waals surface area contributed by atoms with E-state index in [1.54, 1.807) is 30.3 Å². The number of unbranched alkanes of at least 4 members (excludes halogenated alkanes) is 1. The first-order valence-corrected chi connectivity index (χ1v) is 10.4. The number of amides is 2. The third-order valence-electron chi connectivity index (χ3n) is 4.14. The van der Waals surface area contributed by atoms with E-state index in [1.165, 1.54) is 23.8 Å². The third-order valence-corrected chi connectivity index (χ3v) is 5.52. The average Bonchev–Trinajstić information content (AvgIpc) is 2.95. The fraction of sp³-hybridized carbons (Fsp3) is 0.400. The van der Waals surface area contributed by atoms with Gasteiger partial charge in [0.15, 0.2) is 0 Å². The van der Waals surface area contributed by atoms with Crippen LogP contribution in [0.1, 0.15) is 48.5 Å². The van der Waals surface area contributed by atoms with Gasteiger partial charge in [0.05, 0.1) is 17.6 Å². The SMILES string of the molecule is CCCCNC(=O)CCCN1C(=O)C(=Cc2ccc(C(=O)OC)cc2)SC1=S. The standard InChI is InChI=1S/C20H24N2O4S2/c1-3-4-11-21-17(23)6-5-12-22-18(24)16(28-20(22)27)13-14-7-9-15(10-8-14)19(25)26-2/h7-10,13H,3-6,11-12H2,1-2H3,(H,21,23). The number of nitrogens with one attached hydrogen (secondary N) is 1. The average molecular weight is 421 g/mol. The lowest BCUT2D eigenvalue weighted by atomic mass is 10.1. The molecule has 2 amide bonds. The van der Waals surface area contributed by atoms with Crippen molar-refractivity contribution in [1.82, 2.24) is 10.2 Å². The number of thiocarbonyl (C=S) groups is 1. The van der Waals surface area contributed by atoms with Crippen molar-refractivity contribution in [2.24, 2.45) is 0 Å². The molecular weight excluding hydrogens is 396 g/mol. The Morgan fingerprint density at radius 1 is 1.25 bits per heavy atom. The number of esters is 1. The van der Waals surface area contributed by atoms with E-state index in [0.717, 1.165) is 18.4 Å². The summed E-state index contributed by atoms with van der Waals surface area (Å²) in [6.45, 7) is 3.18. The lowest BCUT2D eigenvalue weighted by molar-refractivity contribution is -0.124. The molecule has 0 aliphatic carbocycles. The lowest BCUT2D eigenvalue weighted by Crippen LogP contribution is -2.30. The topological polar surface area (TPSA) is 75.7 Å². The summed E-state index contributed by atoms with van der Waals surface area (Å²) in [5, 5.41) is 2.86. The first kappa shape index (κ1) is 22.1. The Morgan fingerprint density at radius 3 is 2.61 bits per heavy atom. The van der Waals surface area contributed by atoms with Gasteiger partial charge in [0.25, 0.3) is 5.91 Å². The van der Waals surface area contributed by atoms with Crippen LogP contribution in [0.25, 0.3) is 6.08 Å². The van der Waals surface area contributed by atoms with E-state index in [1.807, 2.05) is 0 Å². The highest BCUT2D eigenvalue weighted by Gasteiger charge is 2.31. The summed E-state index contributed by atoms with van der Waals surface area (Å²) in [6.07, 6.45) is 4.68. The molecule has 1 saturated heterocycles. The molecule has 1 N–H and O–H groups in total. The number of hydrogen-bond acceptors (Lipinski definition) is 6. The largest absolute Gasteiger partial charge is 0.465 e. The van der Waals surface area contributed by atoms with Crippen LogP contribution in [0, 0.1) is 0 Å². The van der Waals surface area contributed by atoms with Crippen LogP contribution in [0.5, 0.6) is 0 Å². The summed E-state index contributed by atoms with van der Waals surface area (Å²) in [6, 6.07) is 6.80. The molecule has 0 radical (unpaired) electrons. The van der Waals surface area contributed by atoms with Gasteiger partial charge < -0.3 is 10.1 Å². The molecule has 28 heavy (non-hydrogen) atoms. The third kappa shape index (κ3) is 6.17. The highest BCUT2D eigenvalue weighted by atomic mass is 32.2. The quantitative estimate of drug-likeness (QED) is 0.286. The molecule has 0 saturated carbocycles. The Hall–Kier alpha value is -2.19. The Kier molecular flexibility index (Phi) is 8.66. The van der Waals surface area contributed by atoms with Gasteiger partial charge in [-0.2, -0.15) is 0 Å². The summed E-state index contributed by atoms with van der Waals surface area (Å²) in [7, 11) is 1.33. The Balaban J connectivity index is 1.91. The van der Waals surface area contributed by atoms with Crippen LogP contribution >= 0.6 is 24.0 Å². The van der Waals surface area contributed by atoms with Crippen LogP contribution < -0.4 is 5.32 Å². The van der Waals surface area contributed by atoms with Crippen LogP contribution in [0.4, 0.5) is 0 Å². The number of hydrogen-bond donors (Lipinski definition) is 1. The predicted molar refractivity (Wildman–Crippen MR) is 115 cm³/mol. The highest BCUT2D eigenvalue weighted by Crippen LogP contribution is 2.32. The zero-order valence-electron chi connectivity index (χ0n) is 16.0. The number of carbonyl (C=O) groups is 3. The monoisotopic (exact) mass is 420 g/mol. The van der Waals surface area contributed by atoms with Crippen molar-refractivity contribution in [1.29, 1.82) is 0 Å². The summed E-state index contributed by atoms with van der Waals surface area (Å²) in [5.41, 5.74) is 1.24. The van der Waals surface area contributed by atoms with E-state index in [-0.39, 0.29) is 11.8 Å². The Morgan fingerprint density at radius 2 is 1.96 bits per heavy atom. The van der Waals surface area contributed by atoms with Gasteiger partial charge in [-0.15, -0.1) is 0 Å². The Labute approximate surface area is 174 Å². The molecule has 2 rings (SSSR count). The number of thioether (sulfide) groups is 1. The molecule has 0 aromatic heterocycles. The molecule has 1 aromatic carbocycles. The second-order valence-electron chi connectivity index (χ2n) is 6.25. The maximum Gasteiger partial charge on any atom is 0.337 e. The Bertz CT molecular complexity index is 775. The second-order valence-corrected chi connectivity index (χ2v) is 7.93. The predicted octanol–water partition coefficient (Wildman–Crippen LogP) is 3.37. The van der Waals surface area contributed by atoms with Crippen molar-refractivity contribution in [2.75, 3.05) is 20.2 Å². The van der Waals surface area contributed by atoms with Gasteiger partial charge in [-0.05, 0) is 36.6 Å². The summed E-state index contributed by atoms with van der Waals surface area (Å²) < 4.78 is 5.17. The number of nitrogens with zero attached hydrogens (tertiary/aromatic N) is 1. The van der Waals surface area contributed by atoms with E-state index in [2.05, 4.69) is 17.0 Å². The first-order chi connectivity index (χ1) is 13.5. The van der Waals surface area contributed by atoms with Gasteiger partial charge in [0.2, 0.25) is 5.91 Å². The second kappa shape index (κ2) is 11.0. The molecular formula is C20H24N2O4S2. The summed E-state index contributed by atoms with van der Waals surface area (Å²) >= 11 is 6.56. The van der Waals surface area contributed by atoms with E-state index < -0.39 is 5.97 Å². The van der Waals surface area contributed by atoms with Crippen LogP contribution in [0.15, 0.2) is 29.2 Å². The van der Waals surface area contributed by atoms with Gasteiger partial charge in [-0.3, -0.25) is 14.5 Å². The van der Waals surface area contributed by atoms with Crippen LogP contribution in [0.2, 0.25) is 0 Å². The normalized spacial score (nSPS) is 15.2. The molecule has 6 nitrogen and oxygen atoms in total. The molecule has 1 heterocycles. The molecule has 150 valence electrons. The van der Waals surface area contributed by atoms with Crippen molar-refractivity contribution >= 4 is 52.2 Å². The van der Waals surface area contributed by atoms with E-state index in [0.29, 0.717) is 40.7 Å². The molecule has 1 aliphatic rings. The van der Waals surface area contributed by atoms with E-state index in [4.69, 9.17) is 12.2 Å². The minimum atomic E-state index is -0.406. The smallest absolute Gasteiger partial charge is 0.337 e. The minimum Gasteiger partial charge on any atom is -0.465 e. The lowest BCUT2D eigenvalue weighted by Gasteiger charge is -2.14. The van der Waals surface area contributed by atoms with Gasteiger partial charge in [0, 0.05) is 19.5 Å². The van der Waals surface area contributed by atoms with Crippen molar-refractivity contribution in [3.63, 3.8) is 0 Å². The van der Waals surface area contributed by atoms with Crippen LogP contribution in [-0.4, -0.2) is 47.2 Å². The molecule has 0 unspecified atom stereocenters. The molecule has 0 spiro atoms. The van der Waals surface area contributed by atoms with E-state index in [9.17, 15) is 14.4 Å². The molecule has 0 atom stereocenters. The summed E-state index contributed by atoms with van der Waals surface area (Å²) in [4.78, 5) is 37.9. The van der Waals surface area contributed by atoms with E-state index >= 15 is 0 Å². The highest BCUT2D eigenvalue weighted by molar-refractivity contribution is 8.26. The molecule has 0 bridgehead atoms. The number of rotatable bonds is 9. The van der Waals surface area contributed by atoms with Gasteiger partial charge >= 0.3 is 5.97 Å². The summed E-state index contributed by atoms with van der Waals surface area (Å²) in [5.74, 6) is -0.560. The zero-order chi connectivity index (χ0) is 20.5. The molecule has 1 aromatic rings. The van der Waals surface area contributed by atoms with Crippen molar-refractivity contribution in [3.05, 3.63) is 40.3 Å². The number of benzene rings is 1. The van der Waals surface area contributed by atoms with Gasteiger partial charge in [-0.25, -0.2) is 4.79 Å². The molecule has 1 fully saturated rings. The minimum absolute atomic E-state index is 0.000119. The van der Waals surface area contributed by atoms with Gasteiger partial charge in [-0.1, -0.05) is 49.5 Å². The maximum absolute atomic E-state index is 12.6. The van der Waals surface area contributed by atoms with Crippen molar-refractivity contribution < 1.29 is 19.1 Å². The molecule has 1 aliphatic heterocycles.